The van der Waals surface area contributed by atoms with Crippen LogP contribution in [0.2, 0.25) is 0 Å². The topological polar surface area (TPSA) is 67.9 Å². The maximum atomic E-state index is 12.2. The van der Waals surface area contributed by atoms with Crippen molar-refractivity contribution in [2.45, 2.75) is 12.9 Å². The molecule has 150 valence electrons. The van der Waals surface area contributed by atoms with Gasteiger partial charge in [-0.05, 0) is 42.0 Å². The summed E-state index contributed by atoms with van der Waals surface area (Å²) in [6, 6.07) is 11.6. The smallest absolute Gasteiger partial charge is 0.497 e. The Bertz CT molecular complexity index is 805. The van der Waals surface area contributed by atoms with Crippen molar-refractivity contribution in [3.05, 3.63) is 59.7 Å². The van der Waals surface area contributed by atoms with E-state index >= 15 is 0 Å². The number of benzene rings is 2. The van der Waals surface area contributed by atoms with Crippen LogP contribution in [-0.2, 0) is 11.3 Å². The second-order valence-electron chi connectivity index (χ2n) is 5.85. The molecule has 0 aromatic heterocycles. The summed E-state index contributed by atoms with van der Waals surface area (Å²) < 4.78 is 45.3. The van der Waals surface area contributed by atoms with Crippen molar-refractivity contribution < 1.29 is 32.2 Å². The lowest BCUT2D eigenvalue weighted by Gasteiger charge is -2.18. The van der Waals surface area contributed by atoms with Crippen LogP contribution in [-0.4, -0.2) is 43.8 Å². The van der Waals surface area contributed by atoms with Gasteiger partial charge in [0.05, 0.1) is 13.7 Å². The van der Waals surface area contributed by atoms with Crippen LogP contribution in [0.3, 0.4) is 0 Å². The molecule has 2 rings (SSSR count). The van der Waals surface area contributed by atoms with Crippen LogP contribution < -0.4 is 14.8 Å². The highest BCUT2D eigenvalue weighted by molar-refractivity contribution is 5.96. The number of ether oxygens (including phenoxy) is 2. The predicted octanol–water partition coefficient (Wildman–Crippen LogP) is 2.98. The first kappa shape index (κ1) is 21.1. The molecule has 0 radical (unpaired) electrons. The minimum absolute atomic E-state index is 0.170. The number of hydrogen-bond acceptors (Lipinski definition) is 4. The molecule has 2 aromatic rings. The number of likely N-dealkylation sites (N-methyl/N-ethyl adjacent to an activating group) is 1. The summed E-state index contributed by atoms with van der Waals surface area (Å²) in [5.74, 6) is -0.480. The van der Waals surface area contributed by atoms with Gasteiger partial charge in [-0.3, -0.25) is 9.59 Å². The summed E-state index contributed by atoms with van der Waals surface area (Å²) in [6.45, 7) is -0.0415. The fourth-order valence-electron chi connectivity index (χ4n) is 2.29. The largest absolute Gasteiger partial charge is 0.573 e. The molecule has 0 saturated heterocycles. The van der Waals surface area contributed by atoms with E-state index in [1.807, 2.05) is 0 Å². The molecule has 28 heavy (non-hydrogen) atoms. The van der Waals surface area contributed by atoms with Crippen molar-refractivity contribution in [2.75, 3.05) is 20.7 Å². The zero-order chi connectivity index (χ0) is 20.7. The van der Waals surface area contributed by atoms with Gasteiger partial charge >= 0.3 is 6.36 Å². The molecule has 0 atom stereocenters. The van der Waals surface area contributed by atoms with Gasteiger partial charge < -0.3 is 19.7 Å². The van der Waals surface area contributed by atoms with Crippen LogP contribution in [0.5, 0.6) is 11.5 Å². The van der Waals surface area contributed by atoms with Crippen LogP contribution in [0.4, 0.5) is 13.2 Å². The summed E-state index contributed by atoms with van der Waals surface area (Å²) in [5, 5.41) is 2.52. The maximum absolute atomic E-state index is 12.2. The van der Waals surface area contributed by atoms with Crippen molar-refractivity contribution in [1.82, 2.24) is 10.2 Å². The quantitative estimate of drug-likeness (QED) is 0.781. The molecule has 0 spiro atoms. The van der Waals surface area contributed by atoms with E-state index in [-0.39, 0.29) is 24.7 Å². The van der Waals surface area contributed by atoms with E-state index in [9.17, 15) is 22.8 Å². The van der Waals surface area contributed by atoms with E-state index in [0.29, 0.717) is 16.9 Å². The van der Waals surface area contributed by atoms with Crippen LogP contribution in [0, 0.1) is 0 Å². The Morgan fingerprint density at radius 3 is 2.11 bits per heavy atom. The molecule has 2 aromatic carbocycles. The van der Waals surface area contributed by atoms with Crippen LogP contribution in [0.15, 0.2) is 48.5 Å². The van der Waals surface area contributed by atoms with E-state index in [1.54, 1.807) is 24.3 Å². The number of carbonyl (C=O) groups excluding carboxylic acids is 2. The Balaban J connectivity index is 1.84. The van der Waals surface area contributed by atoms with Crippen molar-refractivity contribution in [2.24, 2.45) is 0 Å². The highest BCUT2D eigenvalue weighted by Gasteiger charge is 2.30. The third-order valence-corrected chi connectivity index (χ3v) is 3.75. The number of nitrogens with one attached hydrogen (secondary N) is 1. The van der Waals surface area contributed by atoms with Gasteiger partial charge in [-0.15, -0.1) is 13.2 Å². The van der Waals surface area contributed by atoms with Crippen molar-refractivity contribution in [3.63, 3.8) is 0 Å². The number of halogens is 3. The number of methoxy groups -OCH3 is 1. The first-order valence-electron chi connectivity index (χ1n) is 8.19. The van der Waals surface area contributed by atoms with Gasteiger partial charge in [0.15, 0.2) is 0 Å². The van der Waals surface area contributed by atoms with E-state index in [0.717, 1.165) is 0 Å². The average molecular weight is 396 g/mol. The molecule has 0 saturated carbocycles. The molecule has 0 heterocycles. The molecule has 0 unspecified atom stereocenters. The molecular weight excluding hydrogens is 377 g/mol. The van der Waals surface area contributed by atoms with E-state index in [2.05, 4.69) is 10.1 Å². The summed E-state index contributed by atoms with van der Waals surface area (Å²) >= 11 is 0. The highest BCUT2D eigenvalue weighted by Crippen LogP contribution is 2.23. The first-order valence-corrected chi connectivity index (χ1v) is 8.19. The van der Waals surface area contributed by atoms with Gasteiger partial charge in [0.1, 0.15) is 11.5 Å². The summed E-state index contributed by atoms with van der Waals surface area (Å²) in [7, 11) is 3.04. The molecule has 0 aliphatic rings. The summed E-state index contributed by atoms with van der Waals surface area (Å²) in [4.78, 5) is 25.6. The number of rotatable bonds is 7. The molecule has 0 fully saturated rings. The van der Waals surface area contributed by atoms with Crippen LogP contribution in [0.25, 0.3) is 0 Å². The van der Waals surface area contributed by atoms with Gasteiger partial charge in [-0.1, -0.05) is 12.1 Å². The Kier molecular flexibility index (Phi) is 6.86. The average Bonchev–Trinajstić information content (AvgIpc) is 2.66. The lowest BCUT2D eigenvalue weighted by atomic mass is 10.2. The third-order valence-electron chi connectivity index (χ3n) is 3.75. The molecule has 0 aliphatic carbocycles. The molecule has 9 heteroatoms. The van der Waals surface area contributed by atoms with Gasteiger partial charge in [-0.2, -0.15) is 0 Å². The zero-order valence-electron chi connectivity index (χ0n) is 15.2. The fourth-order valence-corrected chi connectivity index (χ4v) is 2.29. The number of alkyl halides is 3. The molecule has 0 aliphatic heterocycles. The SMILES string of the molecule is COc1ccc(C(=O)NCC(=O)N(C)Cc2ccc(OC(F)(F)F)cc2)cc1. The fraction of sp³-hybridized carbons (Fsp3) is 0.263. The molecule has 2 amide bonds. The second-order valence-corrected chi connectivity index (χ2v) is 5.85. The number of nitrogens with zero attached hydrogens (tertiary/aromatic N) is 1. The standard InChI is InChI=1S/C19H19F3N2O4/c1-24(12-13-3-7-16(8-4-13)28-19(20,21)22)17(25)11-23-18(26)14-5-9-15(27-2)10-6-14/h3-10H,11-12H2,1-2H3,(H,23,26). The lowest BCUT2D eigenvalue weighted by molar-refractivity contribution is -0.274. The normalized spacial score (nSPS) is 10.9. The highest BCUT2D eigenvalue weighted by atomic mass is 19.4. The van der Waals surface area contributed by atoms with Crippen molar-refractivity contribution in [3.8, 4) is 11.5 Å². The number of hydrogen-bond donors (Lipinski definition) is 1. The van der Waals surface area contributed by atoms with Crippen molar-refractivity contribution >= 4 is 11.8 Å². The van der Waals surface area contributed by atoms with Gasteiger partial charge in [-0.25, -0.2) is 0 Å². The Morgan fingerprint density at radius 1 is 1.00 bits per heavy atom. The van der Waals surface area contributed by atoms with E-state index in [1.165, 1.54) is 43.3 Å². The van der Waals surface area contributed by atoms with Crippen molar-refractivity contribution in [1.29, 1.82) is 0 Å². The third kappa shape index (κ3) is 6.49. The molecule has 0 bridgehead atoms. The zero-order valence-corrected chi connectivity index (χ0v) is 15.2. The van der Waals surface area contributed by atoms with Gasteiger partial charge in [0.2, 0.25) is 5.91 Å². The maximum Gasteiger partial charge on any atom is 0.573 e. The monoisotopic (exact) mass is 396 g/mol. The number of amides is 2. The van der Waals surface area contributed by atoms with Gasteiger partial charge in [0, 0.05) is 19.2 Å². The summed E-state index contributed by atoms with van der Waals surface area (Å²) in [5.41, 5.74) is 1.00. The first-order chi connectivity index (χ1) is 13.2. The minimum atomic E-state index is -4.75. The molecule has 1 N–H and O–H groups in total. The summed E-state index contributed by atoms with van der Waals surface area (Å²) in [6.07, 6.45) is -4.75. The Labute approximate surface area is 159 Å². The lowest BCUT2D eigenvalue weighted by Crippen LogP contribution is -2.37. The Morgan fingerprint density at radius 2 is 1.57 bits per heavy atom. The molecule has 6 nitrogen and oxygen atoms in total. The van der Waals surface area contributed by atoms with Gasteiger partial charge in [0.25, 0.3) is 5.91 Å². The molecular formula is C19H19F3N2O4. The predicted molar refractivity (Wildman–Crippen MR) is 94.9 cm³/mol. The Hall–Kier alpha value is -3.23. The minimum Gasteiger partial charge on any atom is -0.497 e. The van der Waals surface area contributed by atoms with Crippen LogP contribution in [0.1, 0.15) is 15.9 Å². The van der Waals surface area contributed by atoms with Crippen LogP contribution >= 0.6 is 0 Å². The second kappa shape index (κ2) is 9.12. The number of carbonyl (C=O) groups is 2. The van der Waals surface area contributed by atoms with E-state index < -0.39 is 12.3 Å². The van der Waals surface area contributed by atoms with E-state index in [4.69, 9.17) is 4.74 Å².